The van der Waals surface area contributed by atoms with Crippen LogP contribution in [0.15, 0.2) is 63.7 Å². The molecule has 0 atom stereocenters. The van der Waals surface area contributed by atoms with Crippen LogP contribution in [0.1, 0.15) is 5.69 Å². The van der Waals surface area contributed by atoms with Gasteiger partial charge in [-0.2, -0.15) is 0 Å². The van der Waals surface area contributed by atoms with Crippen molar-refractivity contribution in [1.29, 1.82) is 0 Å². The molecule has 0 bridgehead atoms. The molecule has 1 aromatic carbocycles. The Labute approximate surface area is 125 Å². The van der Waals surface area contributed by atoms with Crippen LogP contribution < -0.4 is 5.56 Å². The minimum atomic E-state index is -0.0526. The van der Waals surface area contributed by atoms with Gasteiger partial charge < -0.3 is 4.52 Å². The van der Waals surface area contributed by atoms with E-state index in [9.17, 15) is 4.79 Å². The van der Waals surface area contributed by atoms with Crippen molar-refractivity contribution in [3.05, 3.63) is 65.3 Å². The van der Waals surface area contributed by atoms with Crippen LogP contribution >= 0.6 is 11.8 Å². The normalized spacial score (nSPS) is 10.9. The van der Waals surface area contributed by atoms with Gasteiger partial charge in [-0.05, 0) is 12.1 Å². The van der Waals surface area contributed by atoms with Crippen molar-refractivity contribution < 1.29 is 4.52 Å². The lowest BCUT2D eigenvalue weighted by Crippen LogP contribution is -2.22. The van der Waals surface area contributed by atoms with Crippen molar-refractivity contribution in [2.75, 3.05) is 0 Å². The van der Waals surface area contributed by atoms with Gasteiger partial charge >= 0.3 is 0 Å². The summed E-state index contributed by atoms with van der Waals surface area (Å²) in [5.74, 6) is 0.596. The molecule has 3 aromatic rings. The van der Waals surface area contributed by atoms with Crippen LogP contribution in [0, 0.1) is 0 Å². The molecule has 0 spiro atoms. The molecule has 0 aliphatic rings. The Morgan fingerprint density at radius 1 is 1.33 bits per heavy atom. The van der Waals surface area contributed by atoms with E-state index in [0.717, 1.165) is 5.69 Å². The van der Waals surface area contributed by atoms with Crippen molar-refractivity contribution in [1.82, 2.24) is 14.7 Å². The summed E-state index contributed by atoms with van der Waals surface area (Å²) in [6.07, 6.45) is 3.22. The summed E-state index contributed by atoms with van der Waals surface area (Å²) in [6.45, 7) is 4.13. The highest BCUT2D eigenvalue weighted by molar-refractivity contribution is 7.98. The maximum Gasteiger partial charge on any atom is 0.262 e. The van der Waals surface area contributed by atoms with Crippen molar-refractivity contribution in [2.24, 2.45) is 0 Å². The third kappa shape index (κ3) is 2.75. The predicted molar refractivity (Wildman–Crippen MR) is 82.3 cm³/mol. The van der Waals surface area contributed by atoms with Crippen LogP contribution in [0.25, 0.3) is 10.9 Å². The molecule has 0 N–H and O–H groups in total. The molecule has 0 unspecified atom stereocenters. The van der Waals surface area contributed by atoms with Gasteiger partial charge in [0.15, 0.2) is 5.16 Å². The lowest BCUT2D eigenvalue weighted by Gasteiger charge is -2.10. The second-order valence-corrected chi connectivity index (χ2v) is 5.34. The van der Waals surface area contributed by atoms with Crippen LogP contribution in [0.4, 0.5) is 0 Å². The molecule has 6 heteroatoms. The Morgan fingerprint density at radius 3 is 2.95 bits per heavy atom. The number of benzene rings is 1. The first-order valence-electron chi connectivity index (χ1n) is 6.42. The Balaban J connectivity index is 2.04. The van der Waals surface area contributed by atoms with Crippen LogP contribution in [0.3, 0.4) is 0 Å². The second-order valence-electron chi connectivity index (χ2n) is 4.40. The molecule has 0 fully saturated rings. The molecule has 21 heavy (non-hydrogen) atoms. The van der Waals surface area contributed by atoms with Gasteiger partial charge in [0, 0.05) is 18.4 Å². The zero-order chi connectivity index (χ0) is 14.7. The fourth-order valence-electron chi connectivity index (χ4n) is 2.00. The molecule has 0 saturated carbocycles. The molecule has 0 amide bonds. The summed E-state index contributed by atoms with van der Waals surface area (Å²) >= 11 is 1.46. The quantitative estimate of drug-likeness (QED) is 0.412. The van der Waals surface area contributed by atoms with Crippen molar-refractivity contribution in [3.8, 4) is 0 Å². The van der Waals surface area contributed by atoms with E-state index in [1.165, 1.54) is 18.0 Å². The molecule has 2 heterocycles. The van der Waals surface area contributed by atoms with Crippen molar-refractivity contribution in [3.63, 3.8) is 0 Å². The van der Waals surface area contributed by atoms with Gasteiger partial charge in [-0.15, -0.1) is 6.58 Å². The van der Waals surface area contributed by atoms with E-state index in [1.807, 2.05) is 18.2 Å². The van der Waals surface area contributed by atoms with Gasteiger partial charge in [-0.3, -0.25) is 9.36 Å². The number of allylic oxidation sites excluding steroid dienone is 1. The number of aromatic nitrogens is 3. The number of hydrogen-bond acceptors (Lipinski definition) is 5. The minimum Gasteiger partial charge on any atom is -0.364 e. The number of hydrogen-bond donors (Lipinski definition) is 0. The molecule has 0 aliphatic heterocycles. The van der Waals surface area contributed by atoms with Crippen LogP contribution in [-0.4, -0.2) is 14.7 Å². The van der Waals surface area contributed by atoms with Gasteiger partial charge in [0.25, 0.3) is 5.56 Å². The first kappa shape index (κ1) is 13.6. The highest BCUT2D eigenvalue weighted by atomic mass is 32.2. The van der Waals surface area contributed by atoms with E-state index < -0.39 is 0 Å². The van der Waals surface area contributed by atoms with E-state index in [4.69, 9.17) is 4.52 Å². The lowest BCUT2D eigenvalue weighted by molar-refractivity contribution is 0.414. The van der Waals surface area contributed by atoms with E-state index in [1.54, 1.807) is 22.8 Å². The van der Waals surface area contributed by atoms with Crippen LogP contribution in [0.5, 0.6) is 0 Å². The van der Waals surface area contributed by atoms with Gasteiger partial charge in [0.05, 0.1) is 16.6 Å². The zero-order valence-electron chi connectivity index (χ0n) is 11.2. The second kappa shape index (κ2) is 5.97. The van der Waals surface area contributed by atoms with Gasteiger partial charge in [0.1, 0.15) is 6.26 Å². The maximum absolute atomic E-state index is 12.5. The average Bonchev–Trinajstić information content (AvgIpc) is 3.02. The summed E-state index contributed by atoms with van der Waals surface area (Å²) in [6, 6.07) is 9.14. The summed E-state index contributed by atoms with van der Waals surface area (Å²) < 4.78 is 6.43. The Morgan fingerprint density at radius 2 is 2.19 bits per heavy atom. The lowest BCUT2D eigenvalue weighted by atomic mass is 10.2. The van der Waals surface area contributed by atoms with E-state index in [2.05, 4.69) is 16.7 Å². The number of thioether (sulfide) groups is 1. The molecule has 0 aliphatic carbocycles. The average molecular weight is 299 g/mol. The molecular formula is C15H13N3O2S. The van der Waals surface area contributed by atoms with Crippen molar-refractivity contribution >= 4 is 22.7 Å². The van der Waals surface area contributed by atoms with E-state index in [0.29, 0.717) is 28.4 Å². The van der Waals surface area contributed by atoms with Crippen LogP contribution in [-0.2, 0) is 12.3 Å². The first-order valence-corrected chi connectivity index (χ1v) is 7.40. The monoisotopic (exact) mass is 299 g/mol. The number of nitrogens with zero attached hydrogens (tertiary/aromatic N) is 3. The van der Waals surface area contributed by atoms with E-state index >= 15 is 0 Å². The number of rotatable bonds is 5. The Bertz CT molecular complexity index is 825. The fraction of sp³-hybridized carbons (Fsp3) is 0.133. The number of para-hydroxylation sites is 1. The largest absolute Gasteiger partial charge is 0.364 e. The Kier molecular flexibility index (Phi) is 3.87. The van der Waals surface area contributed by atoms with Gasteiger partial charge in [-0.25, -0.2) is 4.98 Å². The summed E-state index contributed by atoms with van der Waals surface area (Å²) in [5, 5.41) is 5.13. The summed E-state index contributed by atoms with van der Waals surface area (Å²) in [5.41, 5.74) is 1.46. The van der Waals surface area contributed by atoms with Crippen molar-refractivity contribution in [2.45, 2.75) is 17.5 Å². The summed E-state index contributed by atoms with van der Waals surface area (Å²) in [7, 11) is 0. The fourth-order valence-corrected chi connectivity index (χ4v) is 2.90. The van der Waals surface area contributed by atoms with Gasteiger partial charge in [-0.1, -0.05) is 35.1 Å². The molecule has 0 saturated heterocycles. The predicted octanol–water partition coefficient (Wildman–Crippen LogP) is 2.86. The number of fused-ring (bicyclic) bond motifs is 1. The maximum atomic E-state index is 12.5. The smallest absolute Gasteiger partial charge is 0.262 e. The molecule has 2 aromatic heterocycles. The third-order valence-corrected chi connectivity index (χ3v) is 3.99. The standard InChI is InChI=1S/C15H13N3O2S/c1-2-8-18-14(19)12-5-3-4-6-13(12)16-15(18)21-10-11-7-9-20-17-11/h2-7,9H,1,8,10H2. The minimum absolute atomic E-state index is 0.0526. The third-order valence-electron chi connectivity index (χ3n) is 2.98. The highest BCUT2D eigenvalue weighted by Gasteiger charge is 2.11. The van der Waals surface area contributed by atoms with Gasteiger partial charge in [0.2, 0.25) is 0 Å². The molecule has 0 radical (unpaired) electrons. The SMILES string of the molecule is C=CCn1c(SCc2ccon2)nc2ccccc2c1=O. The molecular weight excluding hydrogens is 286 g/mol. The van der Waals surface area contributed by atoms with E-state index in [-0.39, 0.29) is 5.56 Å². The topological polar surface area (TPSA) is 60.9 Å². The zero-order valence-corrected chi connectivity index (χ0v) is 12.0. The first-order chi connectivity index (χ1) is 10.3. The molecule has 3 rings (SSSR count). The Hall–Kier alpha value is -2.34. The molecule has 5 nitrogen and oxygen atoms in total. The summed E-state index contributed by atoms with van der Waals surface area (Å²) in [4.78, 5) is 17.1. The van der Waals surface area contributed by atoms with Crippen LogP contribution in [0.2, 0.25) is 0 Å². The molecule has 106 valence electrons. The highest BCUT2D eigenvalue weighted by Crippen LogP contribution is 2.21.